The van der Waals surface area contributed by atoms with Crippen molar-refractivity contribution in [2.45, 2.75) is 19.6 Å². The van der Waals surface area contributed by atoms with Crippen LogP contribution in [0, 0.1) is 5.82 Å². The van der Waals surface area contributed by atoms with Crippen molar-refractivity contribution in [1.29, 1.82) is 0 Å². The fourth-order valence-corrected chi connectivity index (χ4v) is 2.15. The van der Waals surface area contributed by atoms with Crippen LogP contribution in [0.5, 0.6) is 5.75 Å². The van der Waals surface area contributed by atoms with Crippen LogP contribution in [0.25, 0.3) is 5.65 Å². The Morgan fingerprint density at radius 2 is 2.19 bits per heavy atom. The van der Waals surface area contributed by atoms with E-state index in [0.717, 1.165) is 11.3 Å². The van der Waals surface area contributed by atoms with Crippen LogP contribution in [-0.2, 0) is 6.61 Å². The fourth-order valence-electron chi connectivity index (χ4n) is 2.15. The highest BCUT2D eigenvalue weighted by Gasteiger charge is 2.09. The van der Waals surface area contributed by atoms with Crippen molar-refractivity contribution in [2.75, 3.05) is 0 Å². The first-order valence-electron chi connectivity index (χ1n) is 6.66. The van der Waals surface area contributed by atoms with Gasteiger partial charge in [-0.3, -0.25) is 0 Å². The van der Waals surface area contributed by atoms with Gasteiger partial charge in [-0.15, -0.1) is 0 Å². The topological polar surface area (TPSA) is 46.8 Å². The van der Waals surface area contributed by atoms with Gasteiger partial charge in [-0.2, -0.15) is 0 Å². The second-order valence-corrected chi connectivity index (χ2v) is 4.85. The van der Waals surface area contributed by atoms with E-state index in [4.69, 9.17) is 4.74 Å². The van der Waals surface area contributed by atoms with Crippen LogP contribution >= 0.6 is 0 Å². The van der Waals surface area contributed by atoms with E-state index < -0.39 is 11.9 Å². The molecule has 0 aliphatic heterocycles. The molecular weight excluding hydrogens is 271 g/mol. The highest BCUT2D eigenvalue weighted by Crippen LogP contribution is 2.22. The number of halogens is 1. The van der Waals surface area contributed by atoms with Gasteiger partial charge in [0.05, 0.1) is 11.8 Å². The maximum Gasteiger partial charge on any atom is 0.137 e. The quantitative estimate of drug-likeness (QED) is 0.801. The van der Waals surface area contributed by atoms with Gasteiger partial charge in [0, 0.05) is 24.0 Å². The summed E-state index contributed by atoms with van der Waals surface area (Å²) in [5.74, 6) is -0.0635. The second-order valence-electron chi connectivity index (χ2n) is 4.85. The third-order valence-corrected chi connectivity index (χ3v) is 3.22. The van der Waals surface area contributed by atoms with Crippen LogP contribution in [0.3, 0.4) is 0 Å². The Hall–Kier alpha value is -2.40. The average molecular weight is 286 g/mol. The molecule has 0 saturated heterocycles. The smallest absolute Gasteiger partial charge is 0.137 e. The Morgan fingerprint density at radius 1 is 1.33 bits per heavy atom. The summed E-state index contributed by atoms with van der Waals surface area (Å²) in [5.41, 5.74) is 1.86. The summed E-state index contributed by atoms with van der Waals surface area (Å²) in [6.45, 7) is 1.78. The lowest BCUT2D eigenvalue weighted by Gasteiger charge is -2.09. The number of aliphatic hydroxyl groups excluding tert-OH is 1. The van der Waals surface area contributed by atoms with Crippen molar-refractivity contribution < 1.29 is 14.2 Å². The minimum absolute atomic E-state index is 0.259. The molecule has 2 heterocycles. The molecular formula is C16H15FN2O2. The highest BCUT2D eigenvalue weighted by molar-refractivity contribution is 5.39. The van der Waals surface area contributed by atoms with Crippen LogP contribution in [0.1, 0.15) is 24.3 Å². The normalized spacial score (nSPS) is 12.5. The summed E-state index contributed by atoms with van der Waals surface area (Å²) in [6.07, 6.45) is 2.94. The molecule has 0 bridgehead atoms. The molecule has 0 aliphatic rings. The summed E-state index contributed by atoms with van der Waals surface area (Å²) in [5, 5.41) is 9.39. The summed E-state index contributed by atoms with van der Waals surface area (Å²) in [6, 6.07) is 10.2. The Kier molecular flexibility index (Phi) is 3.58. The first kappa shape index (κ1) is 13.6. The van der Waals surface area contributed by atoms with Gasteiger partial charge in [-0.1, -0.05) is 6.07 Å². The van der Waals surface area contributed by atoms with Crippen LogP contribution in [0.4, 0.5) is 4.39 Å². The predicted octanol–water partition coefficient (Wildman–Crippen LogP) is 3.11. The molecule has 0 radical (unpaired) electrons. The summed E-state index contributed by atoms with van der Waals surface area (Å²) in [7, 11) is 0. The number of hydrogen-bond donors (Lipinski definition) is 1. The van der Waals surface area contributed by atoms with Crippen molar-refractivity contribution in [1.82, 2.24) is 9.38 Å². The van der Waals surface area contributed by atoms with Crippen LogP contribution in [-0.4, -0.2) is 14.5 Å². The minimum Gasteiger partial charge on any atom is -0.487 e. The van der Waals surface area contributed by atoms with Gasteiger partial charge in [-0.25, -0.2) is 9.37 Å². The number of rotatable bonds is 4. The maximum absolute atomic E-state index is 13.7. The van der Waals surface area contributed by atoms with Crippen LogP contribution in [0.15, 0.2) is 48.8 Å². The number of benzene rings is 1. The molecule has 1 aromatic carbocycles. The molecule has 0 unspecified atom stereocenters. The summed E-state index contributed by atoms with van der Waals surface area (Å²) < 4.78 is 21.2. The van der Waals surface area contributed by atoms with Gasteiger partial charge in [0.2, 0.25) is 0 Å². The van der Waals surface area contributed by atoms with Gasteiger partial charge in [0.15, 0.2) is 0 Å². The van der Waals surface area contributed by atoms with Crippen LogP contribution in [0.2, 0.25) is 0 Å². The van der Waals surface area contributed by atoms with E-state index in [1.165, 1.54) is 19.1 Å². The lowest BCUT2D eigenvalue weighted by atomic mass is 10.1. The third-order valence-electron chi connectivity index (χ3n) is 3.22. The largest absolute Gasteiger partial charge is 0.487 e. The van der Waals surface area contributed by atoms with Crippen molar-refractivity contribution in [3.63, 3.8) is 0 Å². The van der Waals surface area contributed by atoms with Crippen molar-refractivity contribution in [3.8, 4) is 5.75 Å². The third kappa shape index (κ3) is 2.87. The standard InChI is InChI=1S/C16H15FN2O2/c1-11(20)14-6-5-13(8-15(14)17)21-10-12-9-19-7-3-2-4-16(19)18-12/h2-9,11,20H,10H2,1H3/t11-/m1/s1. The number of pyridine rings is 1. The lowest BCUT2D eigenvalue weighted by Crippen LogP contribution is -1.99. The first-order valence-corrected chi connectivity index (χ1v) is 6.66. The zero-order chi connectivity index (χ0) is 14.8. The minimum atomic E-state index is -0.836. The van der Waals surface area contributed by atoms with E-state index >= 15 is 0 Å². The molecule has 21 heavy (non-hydrogen) atoms. The number of hydrogen-bond acceptors (Lipinski definition) is 3. The van der Waals surface area contributed by atoms with Crippen molar-refractivity contribution >= 4 is 5.65 Å². The molecule has 2 aromatic heterocycles. The van der Waals surface area contributed by atoms with Gasteiger partial charge in [0.1, 0.15) is 23.8 Å². The van der Waals surface area contributed by atoms with Crippen LogP contribution < -0.4 is 4.74 Å². The lowest BCUT2D eigenvalue weighted by molar-refractivity contribution is 0.193. The zero-order valence-corrected chi connectivity index (χ0v) is 11.5. The number of nitrogens with zero attached hydrogens (tertiary/aromatic N) is 2. The Morgan fingerprint density at radius 3 is 2.90 bits per heavy atom. The van der Waals surface area contributed by atoms with Gasteiger partial charge < -0.3 is 14.2 Å². The molecule has 0 saturated carbocycles. The molecule has 3 aromatic rings. The second kappa shape index (κ2) is 5.54. The van der Waals surface area contributed by atoms with E-state index in [9.17, 15) is 9.50 Å². The summed E-state index contributed by atoms with van der Waals surface area (Å²) >= 11 is 0. The van der Waals surface area contributed by atoms with E-state index in [2.05, 4.69) is 4.98 Å². The van der Waals surface area contributed by atoms with E-state index in [1.54, 1.807) is 6.07 Å². The monoisotopic (exact) mass is 286 g/mol. The van der Waals surface area contributed by atoms with Gasteiger partial charge in [0.25, 0.3) is 0 Å². The van der Waals surface area contributed by atoms with Gasteiger partial charge >= 0.3 is 0 Å². The summed E-state index contributed by atoms with van der Waals surface area (Å²) in [4.78, 5) is 4.40. The molecule has 0 spiro atoms. The Balaban J connectivity index is 1.74. The predicted molar refractivity (Wildman–Crippen MR) is 76.6 cm³/mol. The van der Waals surface area contributed by atoms with Crippen molar-refractivity contribution in [2.24, 2.45) is 0 Å². The SMILES string of the molecule is C[C@@H](O)c1ccc(OCc2cn3ccccc3n2)cc1F. The highest BCUT2D eigenvalue weighted by atomic mass is 19.1. The number of fused-ring (bicyclic) bond motifs is 1. The molecule has 3 rings (SSSR count). The average Bonchev–Trinajstić information content (AvgIpc) is 2.87. The molecule has 1 atom stereocenters. The Labute approximate surface area is 121 Å². The number of aromatic nitrogens is 2. The molecule has 1 N–H and O–H groups in total. The zero-order valence-electron chi connectivity index (χ0n) is 11.5. The number of ether oxygens (including phenoxy) is 1. The molecule has 5 heteroatoms. The molecule has 0 fully saturated rings. The maximum atomic E-state index is 13.7. The molecule has 108 valence electrons. The van der Waals surface area contributed by atoms with Crippen molar-refractivity contribution in [3.05, 3.63) is 65.9 Å². The number of imidazole rings is 1. The fraction of sp³-hybridized carbons (Fsp3) is 0.188. The Bertz CT molecular complexity index is 735. The molecule has 4 nitrogen and oxygen atoms in total. The van der Waals surface area contributed by atoms with E-state index in [1.807, 2.05) is 35.0 Å². The molecule has 0 aliphatic carbocycles. The van der Waals surface area contributed by atoms with E-state index in [-0.39, 0.29) is 12.2 Å². The first-order chi connectivity index (χ1) is 10.1. The van der Waals surface area contributed by atoms with Gasteiger partial charge in [-0.05, 0) is 31.2 Å². The molecule has 0 amide bonds. The van der Waals surface area contributed by atoms with E-state index in [0.29, 0.717) is 5.75 Å². The number of aliphatic hydroxyl groups is 1.